The van der Waals surface area contributed by atoms with Gasteiger partial charge >= 0.3 is 6.09 Å². The largest absolute Gasteiger partial charge is 0.453 e. The number of hydrogen-bond acceptors (Lipinski definition) is 7. The molecule has 24 heavy (non-hydrogen) atoms. The maximum Gasteiger partial charge on any atom is 0.407 e. The molecule has 0 fully saturated rings. The molecule has 3 rings (SSSR count). The molecule has 0 spiro atoms. The number of carbonyl (C=O) groups excluding carboxylic acids is 1. The molecule has 10 heteroatoms. The van der Waals surface area contributed by atoms with Gasteiger partial charge in [-0.25, -0.2) is 14.8 Å². The number of hydrogen-bond donors (Lipinski definition) is 5. The van der Waals surface area contributed by atoms with Crippen LogP contribution >= 0.6 is 0 Å². The molecule has 0 atom stereocenters. The molecular weight excluding hydrogens is 312 g/mol. The third kappa shape index (κ3) is 5.02. The highest BCUT2D eigenvalue weighted by molar-refractivity contribution is 5.72. The second-order valence-corrected chi connectivity index (χ2v) is 4.50. The number of imidazole rings is 2. The van der Waals surface area contributed by atoms with Crippen LogP contribution in [-0.2, 0) is 4.74 Å². The van der Waals surface area contributed by atoms with Crippen molar-refractivity contribution in [2.24, 2.45) is 0 Å². The van der Waals surface area contributed by atoms with Crippen molar-refractivity contribution in [2.75, 3.05) is 25.1 Å². The van der Waals surface area contributed by atoms with E-state index in [0.29, 0.717) is 24.1 Å². The smallest absolute Gasteiger partial charge is 0.407 e. The number of nitrogens with two attached hydrogens (primary N) is 2. The zero-order chi connectivity index (χ0) is 17.4. The minimum atomic E-state index is -0.459. The third-order valence-electron chi connectivity index (χ3n) is 2.74. The fraction of sp³-hybridized carbons (Fsp3) is 0.143. The number of nitrogens with one attached hydrogen (secondary N) is 3. The van der Waals surface area contributed by atoms with Gasteiger partial charge in [-0.15, -0.1) is 0 Å². The number of methoxy groups -OCH3 is 1. The fourth-order valence-corrected chi connectivity index (χ4v) is 1.70. The number of fused-ring (bicyclic) bond motifs is 1. The van der Waals surface area contributed by atoms with Crippen molar-refractivity contribution in [3.05, 3.63) is 36.3 Å². The number of nitrogen functional groups attached to an aromatic ring is 2. The van der Waals surface area contributed by atoms with E-state index in [-0.39, 0.29) is 0 Å². The molecule has 3 heterocycles. The monoisotopic (exact) mass is 330 g/mol. The van der Waals surface area contributed by atoms with Gasteiger partial charge in [0.15, 0.2) is 17.5 Å². The van der Waals surface area contributed by atoms with Crippen LogP contribution in [0.5, 0.6) is 0 Å². The molecule has 0 aliphatic heterocycles. The Morgan fingerprint density at radius 3 is 2.83 bits per heavy atom. The van der Waals surface area contributed by atoms with Crippen molar-refractivity contribution in [1.82, 2.24) is 30.2 Å². The van der Waals surface area contributed by atoms with Gasteiger partial charge in [-0.3, -0.25) is 0 Å². The highest BCUT2D eigenvalue weighted by Gasteiger charge is 1.96. The summed E-state index contributed by atoms with van der Waals surface area (Å²) in [6.07, 6.45) is 6.34. The number of alkyl carbamates (subject to hydrolysis) is 1. The summed E-state index contributed by atoms with van der Waals surface area (Å²) in [7, 11) is 1.31. The summed E-state index contributed by atoms with van der Waals surface area (Å²) in [5, 5.41) is 2.50. The topological polar surface area (TPSA) is 161 Å². The fourth-order valence-electron chi connectivity index (χ4n) is 1.70. The molecule has 0 radical (unpaired) electrons. The van der Waals surface area contributed by atoms with Gasteiger partial charge in [0.05, 0.1) is 24.5 Å². The van der Waals surface area contributed by atoms with Crippen LogP contribution in [0.15, 0.2) is 30.6 Å². The zero-order valence-corrected chi connectivity index (χ0v) is 13.0. The molecular formula is C14H18N8O2. The van der Waals surface area contributed by atoms with Crippen LogP contribution in [0.2, 0.25) is 0 Å². The van der Waals surface area contributed by atoms with Crippen molar-refractivity contribution in [2.45, 2.75) is 0 Å². The van der Waals surface area contributed by atoms with E-state index in [1.165, 1.54) is 7.11 Å². The van der Waals surface area contributed by atoms with Crippen LogP contribution in [0.1, 0.15) is 5.69 Å². The van der Waals surface area contributed by atoms with Crippen LogP contribution in [0.4, 0.5) is 16.7 Å². The molecule has 126 valence electrons. The van der Waals surface area contributed by atoms with Crippen LogP contribution in [0.25, 0.3) is 17.2 Å². The summed E-state index contributed by atoms with van der Waals surface area (Å²) in [6.45, 7) is 0.394. The molecule has 7 N–H and O–H groups in total. The quantitative estimate of drug-likeness (QED) is 0.476. The Labute approximate surface area is 137 Å². The molecule has 0 bridgehead atoms. The summed E-state index contributed by atoms with van der Waals surface area (Å²) in [6, 6.07) is 3.71. The number of anilines is 2. The first-order valence-electron chi connectivity index (χ1n) is 6.93. The van der Waals surface area contributed by atoms with Gasteiger partial charge in [0.1, 0.15) is 0 Å². The van der Waals surface area contributed by atoms with E-state index in [2.05, 4.69) is 35.0 Å². The van der Waals surface area contributed by atoms with Crippen LogP contribution in [-0.4, -0.2) is 44.7 Å². The Morgan fingerprint density at radius 1 is 1.33 bits per heavy atom. The minimum absolute atomic E-state index is 0.366. The van der Waals surface area contributed by atoms with Crippen molar-refractivity contribution in [3.8, 4) is 0 Å². The minimum Gasteiger partial charge on any atom is -0.453 e. The highest BCUT2D eigenvalue weighted by Crippen LogP contribution is 2.07. The molecule has 0 unspecified atom stereocenters. The van der Waals surface area contributed by atoms with E-state index in [9.17, 15) is 4.79 Å². The lowest BCUT2D eigenvalue weighted by molar-refractivity contribution is 0.172. The number of rotatable bonds is 3. The van der Waals surface area contributed by atoms with Crippen molar-refractivity contribution in [3.63, 3.8) is 0 Å². The zero-order valence-electron chi connectivity index (χ0n) is 13.0. The van der Waals surface area contributed by atoms with E-state index < -0.39 is 6.09 Å². The number of ether oxygens (including phenoxy) is 1. The van der Waals surface area contributed by atoms with E-state index in [1.807, 2.05) is 12.1 Å². The van der Waals surface area contributed by atoms with Crippen molar-refractivity contribution < 1.29 is 9.53 Å². The highest BCUT2D eigenvalue weighted by atomic mass is 16.5. The molecule has 0 aliphatic rings. The van der Waals surface area contributed by atoms with Crippen LogP contribution in [0, 0.1) is 0 Å². The Balaban J connectivity index is 0.000000182. The standard InChI is InChI=1S/C8H12N4O2.C6H6N4/c1-14-8(13)10-4-2-3-6-5-11-7(9)12-6;7-6-9-4-2-1-3-8-5(4)10-6/h2-3,5H,4H2,1H3,(H,10,13)(H3,9,11,12);1-3H,(H3,7,8,9,10)/b3-2-;. The molecule has 1 amide bonds. The van der Waals surface area contributed by atoms with Gasteiger partial charge in [0.2, 0.25) is 0 Å². The van der Waals surface area contributed by atoms with E-state index in [4.69, 9.17) is 11.5 Å². The lowest BCUT2D eigenvalue weighted by Crippen LogP contribution is -2.22. The van der Waals surface area contributed by atoms with Gasteiger partial charge < -0.3 is 31.5 Å². The molecule has 10 nitrogen and oxygen atoms in total. The van der Waals surface area contributed by atoms with Gasteiger partial charge in [-0.1, -0.05) is 6.08 Å². The number of pyridine rings is 1. The number of amides is 1. The summed E-state index contributed by atoms with van der Waals surface area (Å²) in [5.74, 6) is 0.777. The molecule has 3 aromatic rings. The van der Waals surface area contributed by atoms with Crippen LogP contribution < -0.4 is 16.8 Å². The predicted molar refractivity (Wildman–Crippen MR) is 90.7 cm³/mol. The maximum absolute atomic E-state index is 10.6. The summed E-state index contributed by atoms with van der Waals surface area (Å²) in [5.41, 5.74) is 13.1. The summed E-state index contributed by atoms with van der Waals surface area (Å²) < 4.78 is 4.38. The predicted octanol–water partition coefficient (Wildman–Crippen LogP) is 0.901. The Bertz CT molecular complexity index is 790. The number of carbonyl (C=O) groups is 1. The molecule has 0 aromatic carbocycles. The summed E-state index contributed by atoms with van der Waals surface area (Å²) in [4.78, 5) is 28.0. The van der Waals surface area contributed by atoms with E-state index >= 15 is 0 Å². The third-order valence-corrected chi connectivity index (χ3v) is 2.74. The Morgan fingerprint density at radius 2 is 2.17 bits per heavy atom. The molecule has 0 saturated heterocycles. The van der Waals surface area contributed by atoms with Gasteiger partial charge in [0, 0.05) is 12.7 Å². The second-order valence-electron chi connectivity index (χ2n) is 4.50. The second kappa shape index (κ2) is 8.17. The first-order valence-corrected chi connectivity index (χ1v) is 6.93. The van der Waals surface area contributed by atoms with Crippen LogP contribution in [0.3, 0.4) is 0 Å². The SMILES string of the molecule is COC(=O)NC/C=C\c1cnc(N)[nH]1.Nc1nc2ncccc2[nH]1. The summed E-state index contributed by atoms with van der Waals surface area (Å²) >= 11 is 0. The first-order chi connectivity index (χ1) is 11.6. The van der Waals surface area contributed by atoms with E-state index in [0.717, 1.165) is 11.2 Å². The van der Waals surface area contributed by atoms with E-state index in [1.54, 1.807) is 24.5 Å². The Hall–Kier alpha value is -3.56. The van der Waals surface area contributed by atoms with Crippen molar-refractivity contribution in [1.29, 1.82) is 0 Å². The lowest BCUT2D eigenvalue weighted by atomic mass is 10.4. The number of H-pyrrole nitrogens is 2. The van der Waals surface area contributed by atoms with Gasteiger partial charge in [-0.05, 0) is 18.2 Å². The lowest BCUT2D eigenvalue weighted by Gasteiger charge is -1.97. The normalized spacial score (nSPS) is 10.4. The van der Waals surface area contributed by atoms with Gasteiger partial charge in [-0.2, -0.15) is 4.98 Å². The van der Waals surface area contributed by atoms with Gasteiger partial charge in [0.25, 0.3) is 0 Å². The number of aromatic nitrogens is 5. The Kier molecular flexibility index (Phi) is 5.72. The first kappa shape index (κ1) is 16.8. The number of nitrogens with zero attached hydrogens (tertiary/aromatic N) is 3. The average Bonchev–Trinajstić information content (AvgIpc) is 3.16. The average molecular weight is 330 g/mol. The maximum atomic E-state index is 10.6. The molecule has 3 aromatic heterocycles. The molecule has 0 aliphatic carbocycles. The van der Waals surface area contributed by atoms with Crippen molar-refractivity contribution >= 4 is 35.2 Å². The molecule has 0 saturated carbocycles. The number of aromatic amines is 2.